The van der Waals surface area contributed by atoms with Gasteiger partial charge in [0.05, 0.1) is 11.8 Å². The lowest BCUT2D eigenvalue weighted by molar-refractivity contribution is -0.389. The number of rotatable bonds is 5. The summed E-state index contributed by atoms with van der Waals surface area (Å²) in [4.78, 5) is 20.9. The minimum absolute atomic E-state index is 0.357. The lowest BCUT2D eigenvalue weighted by Gasteiger charge is -2.19. The fraction of sp³-hybridized carbons (Fsp3) is 0.571. The molecule has 1 aromatic rings. The first-order valence-electron chi connectivity index (χ1n) is 4.64. The molecule has 0 unspecified atom stereocenters. The van der Waals surface area contributed by atoms with Crippen LogP contribution in [0.5, 0.6) is 0 Å². The molecule has 4 N–H and O–H groups in total. The van der Waals surface area contributed by atoms with Crippen molar-refractivity contribution in [1.29, 1.82) is 0 Å². The molecule has 3 atom stereocenters. The molecule has 0 aliphatic heterocycles. The highest BCUT2D eigenvalue weighted by molar-refractivity contribution is 5.83. The number of carbonyl (C=O) groups excluding carboxylic acids is 1. The maximum Gasteiger partial charge on any atom is 0.411 e. The molecule has 0 amide bonds. The van der Waals surface area contributed by atoms with Gasteiger partial charge < -0.3 is 30.5 Å². The third-order valence-electron chi connectivity index (χ3n) is 2.05. The van der Waals surface area contributed by atoms with E-state index in [1.165, 1.54) is 0 Å². The molecule has 0 fully saturated rings. The SMILES string of the molecule is O=C([C@H](O)[C@H](O)[C@H](O)CO)n1cc([N+](=O)[O-])nn1. The summed E-state index contributed by atoms with van der Waals surface area (Å²) < 4.78 is 0.357. The zero-order valence-corrected chi connectivity index (χ0v) is 8.82. The van der Waals surface area contributed by atoms with Gasteiger partial charge in [-0.05, 0) is 4.92 Å². The predicted octanol–water partition coefficient (Wildman–Crippen LogP) is -3.10. The first kappa shape index (κ1) is 14.1. The number of carbonyl (C=O) groups is 1. The van der Waals surface area contributed by atoms with Crippen LogP contribution >= 0.6 is 0 Å². The van der Waals surface area contributed by atoms with Crippen molar-refractivity contribution >= 4 is 11.7 Å². The molecule has 0 aliphatic rings. The van der Waals surface area contributed by atoms with E-state index in [4.69, 9.17) is 10.2 Å². The van der Waals surface area contributed by atoms with Crippen LogP contribution in [0.4, 0.5) is 5.82 Å². The van der Waals surface area contributed by atoms with Crippen LogP contribution in [-0.4, -0.2) is 71.2 Å². The van der Waals surface area contributed by atoms with Gasteiger partial charge in [0.1, 0.15) is 23.5 Å². The molecule has 0 saturated heterocycles. The summed E-state index contributed by atoms with van der Waals surface area (Å²) in [6, 6.07) is 0. The molecule has 0 aliphatic carbocycles. The largest absolute Gasteiger partial charge is 0.411 e. The smallest absolute Gasteiger partial charge is 0.394 e. The normalized spacial score (nSPS) is 16.0. The number of aliphatic hydroxyl groups is 4. The summed E-state index contributed by atoms with van der Waals surface area (Å²) in [6.07, 6.45) is -5.15. The Bertz CT molecular complexity index is 447. The number of aliphatic hydroxyl groups excluding tert-OH is 4. The lowest BCUT2D eigenvalue weighted by Crippen LogP contribution is -2.45. The zero-order chi connectivity index (χ0) is 13.9. The van der Waals surface area contributed by atoms with Crippen LogP contribution in [0.3, 0.4) is 0 Å². The second kappa shape index (κ2) is 5.59. The number of aromatic nitrogens is 3. The average molecular weight is 262 g/mol. The van der Waals surface area contributed by atoms with E-state index < -0.39 is 41.6 Å². The van der Waals surface area contributed by atoms with Crippen LogP contribution in [0.2, 0.25) is 0 Å². The molecule has 100 valence electrons. The molecule has 0 saturated carbocycles. The second-order valence-electron chi connectivity index (χ2n) is 3.30. The van der Waals surface area contributed by atoms with Crippen molar-refractivity contribution in [3.8, 4) is 0 Å². The summed E-state index contributed by atoms with van der Waals surface area (Å²) in [5.74, 6) is -1.94. The molecule has 1 aromatic heterocycles. The lowest BCUT2D eigenvalue weighted by atomic mass is 10.1. The maximum atomic E-state index is 11.5. The van der Waals surface area contributed by atoms with Gasteiger partial charge in [0.25, 0.3) is 5.91 Å². The van der Waals surface area contributed by atoms with Gasteiger partial charge in [0.2, 0.25) is 0 Å². The molecular weight excluding hydrogens is 252 g/mol. The number of nitro groups is 1. The highest BCUT2D eigenvalue weighted by Gasteiger charge is 2.32. The molecule has 0 aromatic carbocycles. The van der Waals surface area contributed by atoms with Crippen molar-refractivity contribution < 1.29 is 30.1 Å². The van der Waals surface area contributed by atoms with Crippen LogP contribution in [-0.2, 0) is 0 Å². The van der Waals surface area contributed by atoms with Crippen LogP contribution in [0.15, 0.2) is 6.20 Å². The molecule has 18 heavy (non-hydrogen) atoms. The van der Waals surface area contributed by atoms with E-state index in [1.807, 2.05) is 0 Å². The Morgan fingerprint density at radius 2 is 2.11 bits per heavy atom. The Kier molecular flexibility index (Phi) is 4.38. The molecule has 0 bridgehead atoms. The van der Waals surface area contributed by atoms with E-state index in [-0.39, 0.29) is 0 Å². The van der Waals surface area contributed by atoms with Crippen LogP contribution in [0.1, 0.15) is 4.79 Å². The number of hydrogen-bond acceptors (Lipinski definition) is 9. The topological polar surface area (TPSA) is 172 Å². The Labute approximate surface area is 99.0 Å². The number of nitrogens with zero attached hydrogens (tertiary/aromatic N) is 4. The van der Waals surface area contributed by atoms with Crippen molar-refractivity contribution in [2.45, 2.75) is 18.3 Å². The third-order valence-corrected chi connectivity index (χ3v) is 2.05. The van der Waals surface area contributed by atoms with Gasteiger partial charge in [-0.25, -0.2) is 0 Å². The van der Waals surface area contributed by atoms with E-state index in [2.05, 4.69) is 10.3 Å². The summed E-state index contributed by atoms with van der Waals surface area (Å²) in [6.45, 7) is -0.872. The minimum Gasteiger partial charge on any atom is -0.394 e. The fourth-order valence-electron chi connectivity index (χ4n) is 1.05. The van der Waals surface area contributed by atoms with Gasteiger partial charge in [0, 0.05) is 0 Å². The molecule has 11 nitrogen and oxygen atoms in total. The quantitative estimate of drug-likeness (QED) is 0.316. The first-order chi connectivity index (χ1) is 8.38. The first-order valence-corrected chi connectivity index (χ1v) is 4.64. The monoisotopic (exact) mass is 262 g/mol. The van der Waals surface area contributed by atoms with Crippen LogP contribution < -0.4 is 0 Å². The van der Waals surface area contributed by atoms with Crippen molar-refractivity contribution in [3.05, 3.63) is 16.3 Å². The van der Waals surface area contributed by atoms with Crippen LogP contribution in [0, 0.1) is 10.1 Å². The summed E-state index contributed by atoms with van der Waals surface area (Å²) in [5, 5.41) is 52.6. The summed E-state index contributed by atoms with van der Waals surface area (Å²) >= 11 is 0. The molecule has 11 heteroatoms. The van der Waals surface area contributed by atoms with E-state index in [1.54, 1.807) is 0 Å². The van der Waals surface area contributed by atoms with Gasteiger partial charge in [-0.2, -0.15) is 4.68 Å². The Hall–Kier alpha value is -1.95. The maximum absolute atomic E-state index is 11.5. The predicted molar refractivity (Wildman–Crippen MR) is 52.4 cm³/mol. The molecule has 0 spiro atoms. The highest BCUT2D eigenvalue weighted by atomic mass is 16.6. The van der Waals surface area contributed by atoms with Gasteiger partial charge >= 0.3 is 5.82 Å². The second-order valence-corrected chi connectivity index (χ2v) is 3.30. The Morgan fingerprint density at radius 3 is 2.56 bits per heavy atom. The van der Waals surface area contributed by atoms with Crippen molar-refractivity contribution in [2.75, 3.05) is 6.61 Å². The van der Waals surface area contributed by atoms with E-state index in [9.17, 15) is 25.1 Å². The van der Waals surface area contributed by atoms with Gasteiger partial charge in [0.15, 0.2) is 6.10 Å². The molecule has 1 rings (SSSR count). The Morgan fingerprint density at radius 1 is 1.50 bits per heavy atom. The summed E-state index contributed by atoms with van der Waals surface area (Å²) in [7, 11) is 0. The van der Waals surface area contributed by atoms with Gasteiger partial charge in [-0.3, -0.25) is 4.79 Å². The fourth-order valence-corrected chi connectivity index (χ4v) is 1.05. The van der Waals surface area contributed by atoms with Gasteiger partial charge in [-0.1, -0.05) is 0 Å². The minimum atomic E-state index is -2.10. The van der Waals surface area contributed by atoms with E-state index >= 15 is 0 Å². The molecule has 0 radical (unpaired) electrons. The Balaban J connectivity index is 2.82. The average Bonchev–Trinajstić information content (AvgIpc) is 2.84. The third kappa shape index (κ3) is 2.84. The van der Waals surface area contributed by atoms with Crippen LogP contribution in [0.25, 0.3) is 0 Å². The van der Waals surface area contributed by atoms with E-state index in [0.29, 0.717) is 10.9 Å². The van der Waals surface area contributed by atoms with Gasteiger partial charge in [-0.15, -0.1) is 0 Å². The van der Waals surface area contributed by atoms with Crippen molar-refractivity contribution in [2.24, 2.45) is 0 Å². The van der Waals surface area contributed by atoms with E-state index in [0.717, 1.165) is 0 Å². The standard InChI is InChI=1S/C7H10N4O7/c12-2-3(13)5(14)6(15)7(16)10-1-4(8-9-10)11(17)18/h1,3,5-6,12-15H,2H2/t3-,5-,6-/m1/s1. The van der Waals surface area contributed by atoms with Crippen molar-refractivity contribution in [3.63, 3.8) is 0 Å². The van der Waals surface area contributed by atoms with Crippen molar-refractivity contribution in [1.82, 2.24) is 15.0 Å². The summed E-state index contributed by atoms with van der Waals surface area (Å²) in [5.41, 5.74) is 0. The highest BCUT2D eigenvalue weighted by Crippen LogP contribution is 2.07. The molecular formula is C7H10N4O7. The zero-order valence-electron chi connectivity index (χ0n) is 8.82. The molecule has 1 heterocycles. The number of hydrogen-bond donors (Lipinski definition) is 4.